The Morgan fingerprint density at radius 1 is 1.21 bits per heavy atom. The Balaban J connectivity index is 2.00. The first-order chi connectivity index (χ1) is 15.1. The van der Waals surface area contributed by atoms with Crippen LogP contribution >= 0.6 is 11.8 Å². The highest BCUT2D eigenvalue weighted by molar-refractivity contribution is 8.02. The van der Waals surface area contributed by atoms with Gasteiger partial charge in [-0.2, -0.15) is 0 Å². The van der Waals surface area contributed by atoms with Crippen molar-refractivity contribution >= 4 is 29.5 Å². The molecule has 188 valence electrons. The van der Waals surface area contributed by atoms with Crippen molar-refractivity contribution in [2.75, 3.05) is 13.2 Å². The summed E-state index contributed by atoms with van der Waals surface area (Å²) in [5, 5.41) is 16.2. The number of aliphatic hydroxyl groups is 1. The summed E-state index contributed by atoms with van der Waals surface area (Å²) in [6.07, 6.45) is 3.12. The molecule has 3 heterocycles. The molecule has 0 radical (unpaired) electrons. The van der Waals surface area contributed by atoms with Gasteiger partial charge in [0, 0.05) is 16.8 Å². The van der Waals surface area contributed by atoms with E-state index < -0.39 is 34.2 Å². The Hall–Kier alpha value is -1.28. The molecule has 1 spiro atoms. The molecule has 0 aliphatic carbocycles. The van der Waals surface area contributed by atoms with Gasteiger partial charge in [0.2, 0.25) is 17.7 Å². The minimum atomic E-state index is -0.702. The predicted molar refractivity (Wildman–Crippen MR) is 132 cm³/mol. The van der Waals surface area contributed by atoms with Gasteiger partial charge in [0.05, 0.1) is 29.2 Å². The summed E-state index contributed by atoms with van der Waals surface area (Å²) in [6.45, 7) is 16.7. The number of fused-ring (bicyclic) bond motifs is 1. The van der Waals surface area contributed by atoms with Crippen LogP contribution < -0.4 is 10.6 Å². The van der Waals surface area contributed by atoms with Crippen molar-refractivity contribution in [3.8, 4) is 0 Å². The third kappa shape index (κ3) is 4.54. The van der Waals surface area contributed by atoms with Crippen molar-refractivity contribution in [3.63, 3.8) is 0 Å². The van der Waals surface area contributed by atoms with Crippen LogP contribution in [-0.4, -0.2) is 68.0 Å². The normalized spacial score (nSPS) is 34.4. The number of carbonyl (C=O) groups is 3. The van der Waals surface area contributed by atoms with Gasteiger partial charge in [-0.25, -0.2) is 0 Å². The molecule has 0 aromatic carbocycles. The van der Waals surface area contributed by atoms with Crippen molar-refractivity contribution in [1.82, 2.24) is 15.5 Å². The summed E-state index contributed by atoms with van der Waals surface area (Å²) >= 11 is 1.67. The zero-order valence-corrected chi connectivity index (χ0v) is 22.4. The Bertz CT molecular complexity index is 810. The average Bonchev–Trinajstić information content (AvgIpc) is 3.24. The minimum absolute atomic E-state index is 0.0255. The van der Waals surface area contributed by atoms with E-state index in [-0.39, 0.29) is 34.5 Å². The van der Waals surface area contributed by atoms with Gasteiger partial charge >= 0.3 is 0 Å². The Kier molecular flexibility index (Phi) is 6.97. The van der Waals surface area contributed by atoms with Crippen LogP contribution in [0.3, 0.4) is 0 Å². The van der Waals surface area contributed by atoms with Crippen LogP contribution in [-0.2, 0) is 14.4 Å². The molecule has 3 fully saturated rings. The third-order valence-corrected chi connectivity index (χ3v) is 9.45. The summed E-state index contributed by atoms with van der Waals surface area (Å²) in [4.78, 5) is 42.6. The molecule has 3 aliphatic rings. The molecule has 8 heteroatoms. The molecule has 3 rings (SSSR count). The van der Waals surface area contributed by atoms with E-state index in [9.17, 15) is 19.5 Å². The van der Waals surface area contributed by atoms with Crippen molar-refractivity contribution < 1.29 is 19.5 Å². The highest BCUT2D eigenvalue weighted by atomic mass is 32.2. The molecular formula is C25H43N3O4S. The number of rotatable bonds is 8. The number of hydrogen-bond acceptors (Lipinski definition) is 5. The number of aliphatic hydroxyl groups excluding tert-OH is 1. The third-order valence-electron chi connectivity index (χ3n) is 7.47. The molecule has 7 nitrogen and oxygen atoms in total. The van der Waals surface area contributed by atoms with Crippen LogP contribution in [0.25, 0.3) is 0 Å². The Labute approximate surface area is 203 Å². The maximum Gasteiger partial charge on any atom is 0.244 e. The smallest absolute Gasteiger partial charge is 0.244 e. The Morgan fingerprint density at radius 2 is 1.85 bits per heavy atom. The second kappa shape index (κ2) is 8.74. The van der Waals surface area contributed by atoms with Gasteiger partial charge in [-0.1, -0.05) is 27.7 Å². The van der Waals surface area contributed by atoms with Crippen LogP contribution in [0, 0.1) is 17.3 Å². The lowest BCUT2D eigenvalue weighted by molar-refractivity contribution is -0.143. The van der Waals surface area contributed by atoms with Crippen LogP contribution in [0.4, 0.5) is 0 Å². The summed E-state index contributed by atoms with van der Waals surface area (Å²) in [5.74, 6) is -1.44. The van der Waals surface area contributed by atoms with E-state index in [1.54, 1.807) is 23.6 Å². The fourth-order valence-corrected chi connectivity index (χ4v) is 9.10. The molecular weight excluding hydrogens is 438 g/mol. The van der Waals surface area contributed by atoms with E-state index in [0.29, 0.717) is 13.0 Å². The number of nitrogens with one attached hydrogen (secondary N) is 2. The molecule has 2 bridgehead atoms. The number of amides is 3. The Morgan fingerprint density at radius 3 is 2.39 bits per heavy atom. The van der Waals surface area contributed by atoms with E-state index in [4.69, 9.17) is 0 Å². The van der Waals surface area contributed by atoms with Crippen molar-refractivity contribution in [2.24, 2.45) is 17.3 Å². The average molecular weight is 482 g/mol. The molecule has 3 saturated heterocycles. The predicted octanol–water partition coefficient (Wildman–Crippen LogP) is 2.71. The van der Waals surface area contributed by atoms with Gasteiger partial charge in [-0.3, -0.25) is 14.4 Å². The zero-order chi connectivity index (χ0) is 25.0. The first-order valence-electron chi connectivity index (χ1n) is 12.4. The maximum absolute atomic E-state index is 13.9. The zero-order valence-electron chi connectivity index (χ0n) is 21.6. The summed E-state index contributed by atoms with van der Waals surface area (Å²) in [5.41, 5.74) is -0.429. The molecule has 3 N–H and O–H groups in total. The van der Waals surface area contributed by atoms with Crippen molar-refractivity contribution in [2.45, 2.75) is 108 Å². The quantitative estimate of drug-likeness (QED) is 0.495. The monoisotopic (exact) mass is 481 g/mol. The van der Waals surface area contributed by atoms with Gasteiger partial charge < -0.3 is 20.6 Å². The highest BCUT2D eigenvalue weighted by Gasteiger charge is 2.77. The van der Waals surface area contributed by atoms with E-state index in [1.165, 1.54) is 0 Å². The minimum Gasteiger partial charge on any atom is -0.394 e. The lowest BCUT2D eigenvalue weighted by atomic mass is 9.66. The van der Waals surface area contributed by atoms with Crippen molar-refractivity contribution in [1.29, 1.82) is 0 Å². The lowest BCUT2D eigenvalue weighted by Gasteiger charge is -2.40. The van der Waals surface area contributed by atoms with E-state index in [2.05, 4.69) is 38.3 Å². The SMILES string of the molecule is CCCNC(=O)[C@@H]1[C@H]2C(=O)N([C@H](C)CO)C(C(=O)NC(C)(C)CC(C)(C)C)C23CC[C@@]1(C)S3. The standard InChI is InChI=1S/C25H43N3O4S/c1-9-12-26-19(30)16-17-21(32)28(15(2)13-29)18(25(17)11-10-24(16,8)33-25)20(31)27-23(6,7)14-22(3,4)5/h15-18,29H,9-14H2,1-8H3,(H,26,30)(H,27,31)/t15-,16+,17+,18?,24-,25?/m1/s1. The molecule has 0 aromatic heterocycles. The van der Waals surface area contributed by atoms with Gasteiger partial charge in [-0.15, -0.1) is 11.8 Å². The summed E-state index contributed by atoms with van der Waals surface area (Å²) in [7, 11) is 0. The molecule has 33 heavy (non-hydrogen) atoms. The molecule has 3 aliphatic heterocycles. The van der Waals surface area contributed by atoms with Gasteiger partial charge in [0.25, 0.3) is 0 Å². The molecule has 6 atom stereocenters. The molecule has 0 saturated carbocycles. The van der Waals surface area contributed by atoms with Gasteiger partial charge in [0.1, 0.15) is 6.04 Å². The van der Waals surface area contributed by atoms with E-state index in [1.807, 2.05) is 20.8 Å². The summed E-state index contributed by atoms with van der Waals surface area (Å²) in [6, 6.07) is -1.20. The maximum atomic E-state index is 13.9. The number of thioether (sulfide) groups is 1. The number of likely N-dealkylation sites (tertiary alicyclic amines) is 1. The fourth-order valence-electron chi connectivity index (χ4n) is 6.76. The molecule has 2 unspecified atom stereocenters. The van der Waals surface area contributed by atoms with Crippen LogP contribution in [0.5, 0.6) is 0 Å². The number of carbonyl (C=O) groups excluding carboxylic acids is 3. The molecule has 0 aromatic rings. The van der Waals surface area contributed by atoms with E-state index in [0.717, 1.165) is 19.3 Å². The first-order valence-corrected chi connectivity index (χ1v) is 13.2. The largest absolute Gasteiger partial charge is 0.394 e. The van der Waals surface area contributed by atoms with Gasteiger partial charge in [-0.05, 0) is 58.8 Å². The summed E-state index contributed by atoms with van der Waals surface area (Å²) < 4.78 is -1.02. The first kappa shape index (κ1) is 26.3. The van der Waals surface area contributed by atoms with Crippen molar-refractivity contribution in [3.05, 3.63) is 0 Å². The fraction of sp³-hybridized carbons (Fsp3) is 0.880. The van der Waals surface area contributed by atoms with Crippen LogP contribution in [0.15, 0.2) is 0 Å². The number of hydrogen-bond donors (Lipinski definition) is 3. The van der Waals surface area contributed by atoms with E-state index >= 15 is 0 Å². The molecule has 3 amide bonds. The second-order valence-electron chi connectivity index (χ2n) is 12.4. The van der Waals surface area contributed by atoms with Crippen LogP contribution in [0.1, 0.15) is 81.1 Å². The van der Waals surface area contributed by atoms with Gasteiger partial charge in [0.15, 0.2) is 0 Å². The highest BCUT2D eigenvalue weighted by Crippen LogP contribution is 2.71. The lowest BCUT2D eigenvalue weighted by Crippen LogP contribution is -2.59. The van der Waals surface area contributed by atoms with Crippen LogP contribution in [0.2, 0.25) is 0 Å². The number of nitrogens with zero attached hydrogens (tertiary/aromatic N) is 1. The topological polar surface area (TPSA) is 98.7 Å². The second-order valence-corrected chi connectivity index (χ2v) is 14.3.